The number of likely N-dealkylation sites (N-methyl/N-ethyl adjacent to an activating group) is 1. The van der Waals surface area contributed by atoms with Crippen LogP contribution in [0.3, 0.4) is 0 Å². The van der Waals surface area contributed by atoms with Crippen LogP contribution in [0.25, 0.3) is 0 Å². The molecule has 4 fully saturated rings. The summed E-state index contributed by atoms with van der Waals surface area (Å²) in [6.07, 6.45) is 12.9. The van der Waals surface area contributed by atoms with E-state index in [9.17, 15) is 14.4 Å². The van der Waals surface area contributed by atoms with Gasteiger partial charge in [-0.15, -0.1) is 0 Å². The normalized spacial score (nSPS) is 22.6. The van der Waals surface area contributed by atoms with Crippen molar-refractivity contribution in [1.82, 2.24) is 10.6 Å². The van der Waals surface area contributed by atoms with Crippen molar-refractivity contribution >= 4 is 36.3 Å². The average molecular weight is 535 g/mol. The number of benzene rings is 1. The highest BCUT2D eigenvalue weighted by atomic mass is 16.5. The maximum atomic E-state index is 12.2. The van der Waals surface area contributed by atoms with Crippen LogP contribution >= 0.6 is 0 Å². The number of carbonyl (C=O) groups excluding carboxylic acids is 3. The Hall–Kier alpha value is -2.90. The number of hydrogen-bond acceptors (Lipinski definition) is 7. The van der Waals surface area contributed by atoms with Crippen LogP contribution in [0.5, 0.6) is 0 Å². The minimum atomic E-state index is -0.420. The third kappa shape index (κ3) is 7.61. The molecule has 0 aromatic heterocycles. The highest BCUT2D eigenvalue weighted by Gasteiger charge is 2.32. The molecule has 1 saturated carbocycles. The van der Waals surface area contributed by atoms with Gasteiger partial charge in [0, 0.05) is 26.5 Å². The van der Waals surface area contributed by atoms with Gasteiger partial charge < -0.3 is 19.9 Å². The number of imide groups is 1. The van der Waals surface area contributed by atoms with Gasteiger partial charge in [-0.05, 0) is 88.1 Å². The molecule has 3 heterocycles. The van der Waals surface area contributed by atoms with Crippen molar-refractivity contribution in [2.75, 3.05) is 37.0 Å². The van der Waals surface area contributed by atoms with Crippen molar-refractivity contribution in [2.45, 2.75) is 94.6 Å². The minimum absolute atomic E-state index is 0.230. The molecule has 5 rings (SSSR count). The van der Waals surface area contributed by atoms with E-state index in [2.05, 4.69) is 28.7 Å². The summed E-state index contributed by atoms with van der Waals surface area (Å²) in [7, 11) is 3.55. The molecule has 39 heavy (non-hydrogen) atoms. The van der Waals surface area contributed by atoms with Crippen molar-refractivity contribution in [3.05, 3.63) is 23.8 Å². The summed E-state index contributed by atoms with van der Waals surface area (Å²) in [4.78, 5) is 38.5. The van der Waals surface area contributed by atoms with Gasteiger partial charge in [0.05, 0.1) is 23.6 Å². The van der Waals surface area contributed by atoms with Crippen LogP contribution in [0.4, 0.5) is 11.4 Å². The van der Waals surface area contributed by atoms with Gasteiger partial charge in [0.25, 0.3) is 6.71 Å². The van der Waals surface area contributed by atoms with E-state index >= 15 is 0 Å². The quantitative estimate of drug-likeness (QED) is 0.313. The molecule has 1 atom stereocenters. The first kappa shape index (κ1) is 29.1. The number of ether oxygens (including phenoxy) is 1. The highest BCUT2D eigenvalue weighted by molar-refractivity contribution is 6.67. The van der Waals surface area contributed by atoms with Gasteiger partial charge in [-0.1, -0.05) is 18.7 Å². The van der Waals surface area contributed by atoms with Crippen molar-refractivity contribution in [2.24, 2.45) is 0 Å². The molecule has 0 radical (unpaired) electrons. The summed E-state index contributed by atoms with van der Waals surface area (Å²) >= 11 is 0. The number of hydrogen-bond donors (Lipinski definition) is 2. The van der Waals surface area contributed by atoms with Crippen molar-refractivity contribution in [1.29, 1.82) is 5.26 Å². The number of anilines is 2. The molecule has 0 bridgehead atoms. The second kappa shape index (κ2) is 13.9. The van der Waals surface area contributed by atoms with E-state index in [1.54, 1.807) is 11.9 Å². The molecular formula is C29H42BN5O4. The molecule has 2 N–H and O–H groups in total. The monoisotopic (exact) mass is 535 g/mol. The van der Waals surface area contributed by atoms with E-state index in [4.69, 9.17) is 10.00 Å². The fourth-order valence-corrected chi connectivity index (χ4v) is 5.91. The van der Waals surface area contributed by atoms with Gasteiger partial charge in [0.2, 0.25) is 18.2 Å². The summed E-state index contributed by atoms with van der Waals surface area (Å²) in [5.74, 6) is 2.31. The Balaban J connectivity index is 0.000000226. The number of piperidine rings is 2. The van der Waals surface area contributed by atoms with E-state index in [0.29, 0.717) is 37.7 Å². The average Bonchev–Trinajstić information content (AvgIpc) is 2.95. The zero-order chi connectivity index (χ0) is 27.8. The van der Waals surface area contributed by atoms with Crippen LogP contribution in [-0.4, -0.2) is 70.4 Å². The maximum Gasteiger partial charge on any atom is 0.268 e. The molecule has 3 saturated heterocycles. The third-order valence-electron chi connectivity index (χ3n) is 8.70. The van der Waals surface area contributed by atoms with Crippen LogP contribution in [0.2, 0.25) is 12.6 Å². The zero-order valence-electron chi connectivity index (χ0n) is 23.4. The molecule has 3 amide bonds. The molecule has 0 spiro atoms. The SMILES string of the molecule is CN(C=O)c1cc(C2CCNCC2)ccc1N(C)C1CCC(=O)NC1=O.N#CB1CCC(OC2CCC2)CC1. The number of nitrogens with one attached hydrogen (secondary N) is 2. The van der Waals surface area contributed by atoms with Crippen molar-refractivity contribution in [3.63, 3.8) is 0 Å². The van der Waals surface area contributed by atoms with Crippen LogP contribution in [-0.2, 0) is 19.1 Å². The number of nitriles is 1. The summed E-state index contributed by atoms with van der Waals surface area (Å²) in [5.41, 5.74) is 2.81. The molecular weight excluding hydrogens is 493 g/mol. The molecule has 4 aliphatic rings. The summed E-state index contributed by atoms with van der Waals surface area (Å²) in [5, 5.41) is 14.5. The lowest BCUT2D eigenvalue weighted by molar-refractivity contribution is -0.134. The van der Waals surface area contributed by atoms with E-state index in [-0.39, 0.29) is 11.8 Å². The van der Waals surface area contributed by atoms with Crippen LogP contribution in [0.15, 0.2) is 18.2 Å². The second-order valence-electron chi connectivity index (χ2n) is 11.4. The Bertz CT molecular complexity index is 1040. The molecule has 10 heteroatoms. The van der Waals surface area contributed by atoms with Crippen LogP contribution in [0.1, 0.15) is 69.3 Å². The molecule has 1 aromatic rings. The molecule has 210 valence electrons. The first-order chi connectivity index (χ1) is 18.9. The van der Waals surface area contributed by atoms with Gasteiger partial charge in [0.15, 0.2) is 0 Å². The molecule has 1 aromatic carbocycles. The molecule has 9 nitrogen and oxygen atoms in total. The lowest BCUT2D eigenvalue weighted by atomic mass is 9.42. The van der Waals surface area contributed by atoms with Crippen molar-refractivity contribution in [3.8, 4) is 5.97 Å². The van der Waals surface area contributed by atoms with E-state index in [1.807, 2.05) is 18.0 Å². The number of amides is 3. The Kier molecular flexibility index (Phi) is 10.4. The third-order valence-corrected chi connectivity index (χ3v) is 8.70. The van der Waals surface area contributed by atoms with Crippen LogP contribution in [0, 0.1) is 11.2 Å². The van der Waals surface area contributed by atoms with Gasteiger partial charge in [0.1, 0.15) is 6.04 Å². The number of nitrogens with zero attached hydrogens (tertiary/aromatic N) is 3. The van der Waals surface area contributed by atoms with Crippen LogP contribution < -0.4 is 20.4 Å². The Morgan fingerprint density at radius 1 is 1.00 bits per heavy atom. The van der Waals surface area contributed by atoms with Gasteiger partial charge >= 0.3 is 0 Å². The maximum absolute atomic E-state index is 12.2. The standard InChI is InChI=1S/C19H26N4O3.C10H16BNO/c1-22(12-24)17-11-14(13-7-9-20-10-8-13)3-4-15(17)23(2)16-5-6-18(25)21-19(16)26;12-8-11-6-4-10(5-7-11)13-9-2-1-3-9/h3-4,11-13,16,20H,5-10H2,1-2H3,(H,21,25,26);9-10H,1-7H2. The Labute approximate surface area is 232 Å². The highest BCUT2D eigenvalue weighted by Crippen LogP contribution is 2.35. The second-order valence-corrected chi connectivity index (χ2v) is 11.4. The topological polar surface area (TPSA) is 115 Å². The smallest absolute Gasteiger partial charge is 0.268 e. The lowest BCUT2D eigenvalue weighted by Crippen LogP contribution is -2.51. The summed E-state index contributed by atoms with van der Waals surface area (Å²) in [6.45, 7) is 2.31. The lowest BCUT2D eigenvalue weighted by Gasteiger charge is -2.34. The fourth-order valence-electron chi connectivity index (χ4n) is 5.91. The predicted molar refractivity (Wildman–Crippen MR) is 153 cm³/mol. The van der Waals surface area contributed by atoms with E-state index in [1.165, 1.54) is 24.8 Å². The number of carbonyl (C=O) groups is 3. The van der Waals surface area contributed by atoms with Gasteiger partial charge in [-0.3, -0.25) is 19.7 Å². The molecule has 1 unspecified atom stereocenters. The zero-order valence-corrected chi connectivity index (χ0v) is 23.4. The van der Waals surface area contributed by atoms with E-state index < -0.39 is 6.04 Å². The van der Waals surface area contributed by atoms with Crippen molar-refractivity contribution < 1.29 is 19.1 Å². The predicted octanol–water partition coefficient (Wildman–Crippen LogP) is 3.26. The fraction of sp³-hybridized carbons (Fsp3) is 0.655. The Morgan fingerprint density at radius 3 is 2.28 bits per heavy atom. The first-order valence-corrected chi connectivity index (χ1v) is 14.5. The molecule has 1 aliphatic carbocycles. The van der Waals surface area contributed by atoms with E-state index in [0.717, 1.165) is 69.2 Å². The minimum Gasteiger partial charge on any atom is -0.375 e. The summed E-state index contributed by atoms with van der Waals surface area (Å²) < 4.78 is 5.91. The molecule has 3 aliphatic heterocycles. The summed E-state index contributed by atoms with van der Waals surface area (Å²) in [6, 6.07) is 5.71. The Morgan fingerprint density at radius 2 is 1.69 bits per heavy atom. The van der Waals surface area contributed by atoms with Gasteiger partial charge in [-0.25, -0.2) is 5.26 Å². The first-order valence-electron chi connectivity index (χ1n) is 14.5. The largest absolute Gasteiger partial charge is 0.375 e. The van der Waals surface area contributed by atoms with Gasteiger partial charge in [-0.2, -0.15) is 0 Å². The number of rotatable bonds is 7.